The topological polar surface area (TPSA) is 6.48 Å². The Morgan fingerprint density at radius 1 is 0.750 bits per heavy atom. The van der Waals surface area contributed by atoms with Gasteiger partial charge in [0.2, 0.25) is 0 Å². The Balaban J connectivity index is 1.53. The predicted octanol–water partition coefficient (Wildman–Crippen LogP) is 5.46. The lowest BCUT2D eigenvalue weighted by Gasteiger charge is -2.32. The highest BCUT2D eigenvalue weighted by atomic mass is 15.2. The Hall–Kier alpha value is -1.64. The van der Waals surface area contributed by atoms with E-state index in [-0.39, 0.29) is 0 Å². The van der Waals surface area contributed by atoms with Crippen molar-refractivity contribution in [2.75, 3.05) is 32.7 Å². The van der Waals surface area contributed by atoms with E-state index in [9.17, 15) is 0 Å². The third kappa shape index (κ3) is 4.50. The van der Waals surface area contributed by atoms with Gasteiger partial charge in [0.1, 0.15) is 0 Å². The Morgan fingerprint density at radius 2 is 1.43 bits per heavy atom. The van der Waals surface area contributed by atoms with Crippen LogP contribution < -0.4 is 0 Å². The number of unbranched alkanes of at least 4 members (excludes halogenated alkanes) is 3. The van der Waals surface area contributed by atoms with Crippen LogP contribution in [0.4, 0.5) is 0 Å². The fourth-order valence-corrected chi connectivity index (χ4v) is 5.12. The fourth-order valence-electron chi connectivity index (χ4n) is 5.12. The molecule has 150 valence electrons. The molecule has 28 heavy (non-hydrogen) atoms. The van der Waals surface area contributed by atoms with Crippen molar-refractivity contribution in [2.45, 2.75) is 57.9 Å². The van der Waals surface area contributed by atoms with Crippen LogP contribution in [-0.2, 0) is 12.8 Å². The molecule has 0 saturated carbocycles. The molecule has 1 saturated heterocycles. The summed E-state index contributed by atoms with van der Waals surface area (Å²) in [5.74, 6) is 0. The van der Waals surface area contributed by atoms with Gasteiger partial charge in [0, 0.05) is 19.6 Å². The lowest BCUT2D eigenvalue weighted by molar-refractivity contribution is 0.221. The molecule has 2 aromatic rings. The average Bonchev–Trinajstić information content (AvgIpc) is 3.06. The molecule has 0 radical (unpaired) electrons. The van der Waals surface area contributed by atoms with Gasteiger partial charge in [-0.3, -0.25) is 4.90 Å². The van der Waals surface area contributed by atoms with Gasteiger partial charge in [-0.25, -0.2) is 0 Å². The molecule has 0 aromatic heterocycles. The Bertz CT molecular complexity index is 706. The molecule has 0 amide bonds. The average molecular weight is 377 g/mol. The van der Waals surface area contributed by atoms with E-state index in [2.05, 4.69) is 65.3 Å². The van der Waals surface area contributed by atoms with E-state index in [1.54, 1.807) is 22.3 Å². The van der Waals surface area contributed by atoms with E-state index >= 15 is 0 Å². The summed E-state index contributed by atoms with van der Waals surface area (Å²) < 4.78 is 0. The van der Waals surface area contributed by atoms with Crippen molar-refractivity contribution in [3.05, 3.63) is 70.8 Å². The zero-order valence-corrected chi connectivity index (χ0v) is 17.6. The van der Waals surface area contributed by atoms with Gasteiger partial charge in [0.25, 0.3) is 0 Å². The number of hydrogen-bond donors (Lipinski definition) is 0. The maximum Gasteiger partial charge on any atom is 0.0607 e. The number of nitrogens with zero attached hydrogens (tertiary/aromatic N) is 2. The standard InChI is InChI=1S/C26H36N2/c1-2-3-4-9-17-27-18-10-19-28(21-20-27)26-24-13-7-5-11-22(24)15-16-23-12-6-8-14-25(23)26/h5-8,11-14,26H,2-4,9-10,15-21H2,1H3. The number of fused-ring (bicyclic) bond motifs is 2. The Morgan fingerprint density at radius 3 is 2.11 bits per heavy atom. The van der Waals surface area contributed by atoms with E-state index in [0.29, 0.717) is 6.04 Å². The van der Waals surface area contributed by atoms with Crippen LogP contribution in [0.3, 0.4) is 0 Å². The maximum absolute atomic E-state index is 2.77. The summed E-state index contributed by atoms with van der Waals surface area (Å²) in [7, 11) is 0. The van der Waals surface area contributed by atoms with Gasteiger partial charge >= 0.3 is 0 Å². The molecule has 0 unspecified atom stereocenters. The molecule has 1 heterocycles. The summed E-state index contributed by atoms with van der Waals surface area (Å²) >= 11 is 0. The van der Waals surface area contributed by atoms with Crippen molar-refractivity contribution in [1.82, 2.24) is 9.80 Å². The molecule has 2 aromatic carbocycles. The van der Waals surface area contributed by atoms with E-state index in [4.69, 9.17) is 0 Å². The molecular weight excluding hydrogens is 340 g/mol. The molecule has 0 atom stereocenters. The SMILES string of the molecule is CCCCCCN1CCCN(C2c3ccccc3CCc3ccccc32)CC1. The van der Waals surface area contributed by atoms with Crippen molar-refractivity contribution >= 4 is 0 Å². The first kappa shape index (κ1) is 19.7. The minimum atomic E-state index is 0.426. The largest absolute Gasteiger partial charge is 0.302 e. The van der Waals surface area contributed by atoms with Gasteiger partial charge < -0.3 is 4.90 Å². The molecule has 1 aliphatic carbocycles. The van der Waals surface area contributed by atoms with Crippen LogP contribution in [0, 0.1) is 0 Å². The van der Waals surface area contributed by atoms with E-state index in [0.717, 1.165) is 0 Å². The number of rotatable bonds is 6. The molecular formula is C26H36N2. The molecule has 1 aliphatic heterocycles. The first-order valence-electron chi connectivity index (χ1n) is 11.5. The second kappa shape index (κ2) is 9.71. The second-order valence-corrected chi connectivity index (χ2v) is 8.59. The van der Waals surface area contributed by atoms with Crippen LogP contribution in [0.15, 0.2) is 48.5 Å². The van der Waals surface area contributed by atoms with Crippen LogP contribution in [-0.4, -0.2) is 42.5 Å². The van der Waals surface area contributed by atoms with Crippen LogP contribution >= 0.6 is 0 Å². The zero-order chi connectivity index (χ0) is 19.2. The van der Waals surface area contributed by atoms with Crippen molar-refractivity contribution in [3.63, 3.8) is 0 Å². The summed E-state index contributed by atoms with van der Waals surface area (Å²) in [6.45, 7) is 8.45. The molecule has 0 bridgehead atoms. The Kier molecular flexibility index (Phi) is 6.82. The van der Waals surface area contributed by atoms with Gasteiger partial charge in [-0.2, -0.15) is 0 Å². The highest BCUT2D eigenvalue weighted by molar-refractivity contribution is 5.44. The summed E-state index contributed by atoms with van der Waals surface area (Å²) in [6, 6.07) is 18.8. The second-order valence-electron chi connectivity index (χ2n) is 8.59. The van der Waals surface area contributed by atoms with Crippen LogP contribution in [0.1, 0.15) is 67.3 Å². The summed E-state index contributed by atoms with van der Waals surface area (Å²) in [5.41, 5.74) is 6.18. The van der Waals surface area contributed by atoms with Crippen LogP contribution in [0.5, 0.6) is 0 Å². The monoisotopic (exact) mass is 376 g/mol. The molecule has 4 rings (SSSR count). The number of aryl methyl sites for hydroxylation is 2. The molecule has 2 heteroatoms. The number of hydrogen-bond acceptors (Lipinski definition) is 2. The first-order valence-corrected chi connectivity index (χ1v) is 11.5. The summed E-state index contributed by atoms with van der Waals surface area (Å²) in [5, 5.41) is 0. The molecule has 1 fully saturated rings. The van der Waals surface area contributed by atoms with Crippen LogP contribution in [0.2, 0.25) is 0 Å². The molecule has 2 nitrogen and oxygen atoms in total. The van der Waals surface area contributed by atoms with Crippen molar-refractivity contribution in [2.24, 2.45) is 0 Å². The van der Waals surface area contributed by atoms with Crippen LogP contribution in [0.25, 0.3) is 0 Å². The molecule has 2 aliphatic rings. The lowest BCUT2D eigenvalue weighted by atomic mass is 9.93. The summed E-state index contributed by atoms with van der Waals surface area (Å²) in [4.78, 5) is 5.49. The third-order valence-corrected chi connectivity index (χ3v) is 6.68. The first-order chi connectivity index (χ1) is 13.9. The molecule has 0 spiro atoms. The van der Waals surface area contributed by atoms with E-state index in [1.165, 1.54) is 77.7 Å². The van der Waals surface area contributed by atoms with Gasteiger partial charge in [-0.05, 0) is 61.0 Å². The summed E-state index contributed by atoms with van der Waals surface area (Å²) in [6.07, 6.45) is 9.09. The maximum atomic E-state index is 2.77. The van der Waals surface area contributed by atoms with Crippen molar-refractivity contribution in [3.8, 4) is 0 Å². The normalized spacial score (nSPS) is 18.9. The van der Waals surface area contributed by atoms with Crippen molar-refractivity contribution in [1.29, 1.82) is 0 Å². The van der Waals surface area contributed by atoms with Gasteiger partial charge in [-0.15, -0.1) is 0 Å². The highest BCUT2D eigenvalue weighted by Gasteiger charge is 2.29. The molecule has 0 N–H and O–H groups in total. The quantitative estimate of drug-likeness (QED) is 0.618. The Labute approximate surface area is 171 Å². The van der Waals surface area contributed by atoms with Gasteiger partial charge in [0.15, 0.2) is 0 Å². The van der Waals surface area contributed by atoms with Gasteiger partial charge in [0.05, 0.1) is 6.04 Å². The lowest BCUT2D eigenvalue weighted by Crippen LogP contribution is -2.34. The number of benzene rings is 2. The minimum absolute atomic E-state index is 0.426. The van der Waals surface area contributed by atoms with E-state index in [1.807, 2.05) is 0 Å². The fraction of sp³-hybridized carbons (Fsp3) is 0.538. The predicted molar refractivity (Wildman–Crippen MR) is 119 cm³/mol. The smallest absolute Gasteiger partial charge is 0.0607 e. The zero-order valence-electron chi connectivity index (χ0n) is 17.6. The highest BCUT2D eigenvalue weighted by Crippen LogP contribution is 2.37. The minimum Gasteiger partial charge on any atom is -0.302 e. The third-order valence-electron chi connectivity index (χ3n) is 6.68. The van der Waals surface area contributed by atoms with Crippen molar-refractivity contribution < 1.29 is 0 Å². The van der Waals surface area contributed by atoms with E-state index < -0.39 is 0 Å². The van der Waals surface area contributed by atoms with Gasteiger partial charge in [-0.1, -0.05) is 74.7 Å².